The summed E-state index contributed by atoms with van der Waals surface area (Å²) in [6, 6.07) is 17.3. The summed E-state index contributed by atoms with van der Waals surface area (Å²) in [6.07, 6.45) is 8.68. The lowest BCUT2D eigenvalue weighted by Gasteiger charge is -2.57. The van der Waals surface area contributed by atoms with E-state index in [0.717, 1.165) is 36.5 Å². The molecule has 1 saturated heterocycles. The number of aryl methyl sites for hydroxylation is 1. The Kier molecular flexibility index (Phi) is 6.89. The van der Waals surface area contributed by atoms with Gasteiger partial charge in [0.15, 0.2) is 0 Å². The van der Waals surface area contributed by atoms with E-state index in [2.05, 4.69) is 64.4 Å². The van der Waals surface area contributed by atoms with E-state index in [-0.39, 0.29) is 23.5 Å². The van der Waals surface area contributed by atoms with Crippen molar-refractivity contribution in [3.63, 3.8) is 0 Å². The zero-order valence-corrected chi connectivity index (χ0v) is 22.3. The van der Waals surface area contributed by atoms with Gasteiger partial charge in [0.25, 0.3) is 0 Å². The number of hydrogen-bond acceptors (Lipinski definition) is 4. The summed E-state index contributed by atoms with van der Waals surface area (Å²) in [5.74, 6) is 3.56. The van der Waals surface area contributed by atoms with Crippen molar-refractivity contribution in [2.75, 3.05) is 20.2 Å². The number of carbonyl (C=O) groups is 1. The van der Waals surface area contributed by atoms with Gasteiger partial charge >= 0.3 is 6.03 Å². The van der Waals surface area contributed by atoms with Gasteiger partial charge in [-0.1, -0.05) is 43.3 Å². The summed E-state index contributed by atoms with van der Waals surface area (Å²) < 4.78 is 5.36. The number of ether oxygens (including phenoxy) is 1. The molecule has 2 aromatic rings. The quantitative estimate of drug-likeness (QED) is 0.464. The molecule has 1 heterocycles. The van der Waals surface area contributed by atoms with Gasteiger partial charge in [-0.3, -0.25) is 5.43 Å². The molecule has 6 heteroatoms. The molecule has 3 N–H and O–H groups in total. The highest BCUT2D eigenvalue weighted by atomic mass is 16.5. The molecule has 198 valence electrons. The fraction of sp³-hybridized carbons (Fsp3) is 0.581. The van der Waals surface area contributed by atoms with Gasteiger partial charge in [-0.25, -0.2) is 10.2 Å². The molecule has 0 radical (unpaired) electrons. The summed E-state index contributed by atoms with van der Waals surface area (Å²) in [5.41, 5.74) is 10.6. The molecule has 5 fully saturated rings. The molecule has 2 atom stereocenters. The normalized spacial score (nSPS) is 31.9. The number of nitrogens with one attached hydrogen (secondary N) is 3. The van der Waals surface area contributed by atoms with Crippen LogP contribution in [0.4, 0.5) is 4.79 Å². The maximum absolute atomic E-state index is 14.0. The standard InChI is InChI=1S/C31H42N4O2/c1-3-21-4-6-22(7-5-21)19-35(20-27-18-32-34-29(27)26-8-10-28(37-2)11-9-26)30(36)33-31-15-23-12-24(16-31)14-25(13-23)17-31/h4-11,23-25,27,29,32,34H,3,12-20H2,1-2H3,(H,33,36). The Labute approximate surface area is 221 Å². The number of amides is 2. The van der Waals surface area contributed by atoms with Crippen LogP contribution < -0.4 is 20.9 Å². The maximum atomic E-state index is 14.0. The van der Waals surface area contributed by atoms with Crippen molar-refractivity contribution >= 4 is 6.03 Å². The first-order valence-corrected chi connectivity index (χ1v) is 14.3. The maximum Gasteiger partial charge on any atom is 0.318 e. The van der Waals surface area contributed by atoms with Crippen LogP contribution in [0, 0.1) is 23.7 Å². The summed E-state index contributed by atoms with van der Waals surface area (Å²) in [4.78, 5) is 16.1. The Bertz CT molecular complexity index is 1050. The van der Waals surface area contributed by atoms with Gasteiger partial charge in [0.05, 0.1) is 13.2 Å². The van der Waals surface area contributed by atoms with Crippen LogP contribution in [0.3, 0.4) is 0 Å². The largest absolute Gasteiger partial charge is 0.497 e. The monoisotopic (exact) mass is 502 g/mol. The highest BCUT2D eigenvalue weighted by molar-refractivity contribution is 5.75. The lowest BCUT2D eigenvalue weighted by molar-refractivity contribution is -0.0160. The van der Waals surface area contributed by atoms with E-state index in [1.807, 2.05) is 12.1 Å². The number of nitrogens with zero attached hydrogens (tertiary/aromatic N) is 1. The van der Waals surface area contributed by atoms with Gasteiger partial charge in [-0.05, 0) is 91.5 Å². The van der Waals surface area contributed by atoms with Crippen LogP contribution in [0.15, 0.2) is 48.5 Å². The molecule has 4 bridgehead atoms. The molecule has 6 nitrogen and oxygen atoms in total. The average molecular weight is 503 g/mol. The van der Waals surface area contributed by atoms with E-state index < -0.39 is 0 Å². The van der Waals surface area contributed by atoms with Gasteiger partial charge in [0, 0.05) is 31.1 Å². The number of benzene rings is 2. The molecule has 2 aromatic carbocycles. The van der Waals surface area contributed by atoms with E-state index in [1.165, 1.54) is 55.2 Å². The summed E-state index contributed by atoms with van der Waals surface area (Å²) >= 11 is 0. The van der Waals surface area contributed by atoms with E-state index in [0.29, 0.717) is 13.1 Å². The smallest absolute Gasteiger partial charge is 0.318 e. The Morgan fingerprint density at radius 2 is 1.59 bits per heavy atom. The van der Waals surface area contributed by atoms with Crippen LogP contribution in [0.5, 0.6) is 5.75 Å². The molecule has 37 heavy (non-hydrogen) atoms. The van der Waals surface area contributed by atoms with E-state index >= 15 is 0 Å². The lowest BCUT2D eigenvalue weighted by Crippen LogP contribution is -2.62. The van der Waals surface area contributed by atoms with E-state index in [1.54, 1.807) is 7.11 Å². The van der Waals surface area contributed by atoms with Crippen molar-refractivity contribution in [2.45, 2.75) is 70.0 Å². The van der Waals surface area contributed by atoms with Crippen molar-refractivity contribution in [2.24, 2.45) is 23.7 Å². The fourth-order valence-electron chi connectivity index (χ4n) is 8.05. The second-order valence-electron chi connectivity index (χ2n) is 12.2. The van der Waals surface area contributed by atoms with Gasteiger partial charge in [0.2, 0.25) is 0 Å². The molecule has 0 aromatic heterocycles. The first-order valence-electron chi connectivity index (χ1n) is 14.3. The number of carbonyl (C=O) groups excluding carboxylic acids is 1. The van der Waals surface area contributed by atoms with E-state index in [4.69, 9.17) is 4.74 Å². The molecule has 2 unspecified atom stereocenters. The predicted molar refractivity (Wildman–Crippen MR) is 146 cm³/mol. The molecule has 4 aliphatic carbocycles. The first kappa shape index (κ1) is 24.7. The van der Waals surface area contributed by atoms with Crippen molar-refractivity contribution in [1.29, 1.82) is 0 Å². The first-order chi connectivity index (χ1) is 18.0. The minimum absolute atomic E-state index is 0.0116. The molecule has 4 saturated carbocycles. The molecule has 0 spiro atoms. The lowest BCUT2D eigenvalue weighted by atomic mass is 9.53. The number of hydrazine groups is 1. The molecular weight excluding hydrogens is 460 g/mol. The van der Waals surface area contributed by atoms with Crippen molar-refractivity contribution < 1.29 is 9.53 Å². The van der Waals surface area contributed by atoms with Crippen molar-refractivity contribution in [3.05, 3.63) is 65.2 Å². The number of methoxy groups -OCH3 is 1. The number of urea groups is 1. The second-order valence-corrected chi connectivity index (χ2v) is 12.2. The number of rotatable bonds is 8. The zero-order valence-electron chi connectivity index (χ0n) is 22.3. The fourth-order valence-corrected chi connectivity index (χ4v) is 8.05. The molecule has 1 aliphatic heterocycles. The van der Waals surface area contributed by atoms with Crippen LogP contribution in [0.2, 0.25) is 0 Å². The summed E-state index contributed by atoms with van der Waals surface area (Å²) in [7, 11) is 1.69. The zero-order chi connectivity index (χ0) is 25.4. The third-order valence-corrected chi connectivity index (χ3v) is 9.53. The highest BCUT2D eigenvalue weighted by Gasteiger charge is 2.52. The van der Waals surface area contributed by atoms with Crippen LogP contribution in [0.25, 0.3) is 0 Å². The topological polar surface area (TPSA) is 65.6 Å². The Balaban J connectivity index is 1.21. The average Bonchev–Trinajstić information content (AvgIpc) is 3.36. The Morgan fingerprint density at radius 3 is 2.19 bits per heavy atom. The molecular formula is C31H42N4O2. The number of hydrogen-bond donors (Lipinski definition) is 3. The van der Waals surface area contributed by atoms with Crippen molar-refractivity contribution in [1.82, 2.24) is 21.1 Å². The SMILES string of the molecule is CCc1ccc(CN(CC2CNNC2c2ccc(OC)cc2)C(=O)NC23CC4CC(CC(C4)C2)C3)cc1. The summed E-state index contributed by atoms with van der Waals surface area (Å²) in [5, 5.41) is 3.64. The van der Waals surface area contributed by atoms with Crippen molar-refractivity contribution in [3.8, 4) is 5.75 Å². The van der Waals surface area contributed by atoms with Crippen LogP contribution >= 0.6 is 0 Å². The molecule has 5 aliphatic rings. The minimum Gasteiger partial charge on any atom is -0.497 e. The van der Waals surface area contributed by atoms with Gasteiger partial charge < -0.3 is 15.0 Å². The van der Waals surface area contributed by atoms with Gasteiger partial charge in [-0.15, -0.1) is 0 Å². The predicted octanol–water partition coefficient (Wildman–Crippen LogP) is 5.20. The van der Waals surface area contributed by atoms with Gasteiger partial charge in [0.1, 0.15) is 5.75 Å². The van der Waals surface area contributed by atoms with Crippen LogP contribution in [-0.2, 0) is 13.0 Å². The third-order valence-electron chi connectivity index (χ3n) is 9.53. The molecule has 2 amide bonds. The van der Waals surface area contributed by atoms with Crippen LogP contribution in [0.1, 0.15) is 68.2 Å². The Morgan fingerprint density at radius 1 is 0.973 bits per heavy atom. The second kappa shape index (κ2) is 10.3. The van der Waals surface area contributed by atoms with Gasteiger partial charge in [-0.2, -0.15) is 0 Å². The minimum atomic E-state index is 0.0116. The third kappa shape index (κ3) is 5.23. The summed E-state index contributed by atoms with van der Waals surface area (Å²) in [6.45, 7) is 4.34. The molecule has 7 rings (SSSR count). The van der Waals surface area contributed by atoms with Crippen LogP contribution in [-0.4, -0.2) is 36.7 Å². The highest BCUT2D eigenvalue weighted by Crippen LogP contribution is 2.55. The Hall–Kier alpha value is -2.57. The van der Waals surface area contributed by atoms with E-state index in [9.17, 15) is 4.79 Å².